The predicted octanol–water partition coefficient (Wildman–Crippen LogP) is 3.53. The molecule has 0 bridgehead atoms. The molecule has 3 heterocycles. The average Bonchev–Trinajstić information content (AvgIpc) is 3.09. The first-order valence-electron chi connectivity index (χ1n) is 6.59. The van der Waals surface area contributed by atoms with Crippen molar-refractivity contribution in [2.75, 3.05) is 18.0 Å². The Morgan fingerprint density at radius 1 is 1.30 bits per heavy atom. The maximum atomic E-state index is 12.8. The largest absolute Gasteiger partial charge is 0.347 e. The van der Waals surface area contributed by atoms with E-state index in [9.17, 15) is 4.39 Å². The molecule has 0 saturated carbocycles. The first-order valence-corrected chi connectivity index (χ1v) is 8.28. The van der Waals surface area contributed by atoms with Crippen molar-refractivity contribution in [1.82, 2.24) is 15.2 Å². The van der Waals surface area contributed by atoms with Crippen molar-refractivity contribution in [3.8, 4) is 0 Å². The van der Waals surface area contributed by atoms with E-state index in [0.717, 1.165) is 28.1 Å². The summed E-state index contributed by atoms with van der Waals surface area (Å²) in [6.45, 7) is 4.23. The lowest BCUT2D eigenvalue weighted by molar-refractivity contribution is 0.582. The molecule has 0 amide bonds. The Kier molecular flexibility index (Phi) is 4.16. The molecule has 1 saturated heterocycles. The minimum atomic E-state index is -0.446. The second-order valence-electron chi connectivity index (χ2n) is 4.72. The maximum absolute atomic E-state index is 12.8. The monoisotopic (exact) mass is 310 g/mol. The van der Waals surface area contributed by atoms with Crippen molar-refractivity contribution >= 4 is 28.2 Å². The van der Waals surface area contributed by atoms with E-state index in [4.69, 9.17) is 0 Å². The second kappa shape index (κ2) is 6.05. The van der Waals surface area contributed by atoms with Gasteiger partial charge in [0.05, 0.1) is 0 Å². The quantitative estimate of drug-likeness (QED) is 0.638. The molecular formula is C13H15FN4S2. The zero-order valence-electron chi connectivity index (χ0n) is 11.1. The summed E-state index contributed by atoms with van der Waals surface area (Å²) in [5.74, 6) is -0.446. The molecule has 2 aromatic rings. The second-order valence-corrected chi connectivity index (χ2v) is 7.26. The highest BCUT2D eigenvalue weighted by Crippen LogP contribution is 2.38. The minimum Gasteiger partial charge on any atom is -0.347 e. The summed E-state index contributed by atoms with van der Waals surface area (Å²) >= 11 is 3.27. The standard InChI is InChI=1S/C13H15FN4S2/c1-9(10-4-5-11(14)15-8-10)19-13-17-16-12(20-13)18-6-2-3-7-18/h4-5,8-9H,2-3,6-7H2,1H3. The van der Waals surface area contributed by atoms with E-state index >= 15 is 0 Å². The van der Waals surface area contributed by atoms with E-state index in [1.165, 1.54) is 18.9 Å². The van der Waals surface area contributed by atoms with E-state index in [0.29, 0.717) is 0 Å². The third kappa shape index (κ3) is 3.09. The normalized spacial score (nSPS) is 16.6. The fourth-order valence-corrected chi connectivity index (χ4v) is 4.28. The lowest BCUT2D eigenvalue weighted by Crippen LogP contribution is -2.17. The van der Waals surface area contributed by atoms with Crippen molar-refractivity contribution in [2.24, 2.45) is 0 Å². The number of hydrogen-bond donors (Lipinski definition) is 0. The summed E-state index contributed by atoms with van der Waals surface area (Å²) in [7, 11) is 0. The van der Waals surface area contributed by atoms with E-state index in [-0.39, 0.29) is 5.25 Å². The van der Waals surface area contributed by atoms with Crippen molar-refractivity contribution in [2.45, 2.75) is 29.4 Å². The van der Waals surface area contributed by atoms with Crippen LogP contribution < -0.4 is 4.90 Å². The van der Waals surface area contributed by atoms with E-state index < -0.39 is 5.95 Å². The molecule has 0 N–H and O–H groups in total. The van der Waals surface area contributed by atoms with Gasteiger partial charge in [0.15, 0.2) is 4.34 Å². The van der Waals surface area contributed by atoms with Gasteiger partial charge in [0.2, 0.25) is 11.1 Å². The van der Waals surface area contributed by atoms with Gasteiger partial charge < -0.3 is 4.90 Å². The van der Waals surface area contributed by atoms with Crippen LogP contribution in [-0.2, 0) is 0 Å². The van der Waals surface area contributed by atoms with Gasteiger partial charge in [0, 0.05) is 24.5 Å². The molecule has 0 spiro atoms. The predicted molar refractivity (Wildman–Crippen MR) is 79.8 cm³/mol. The fourth-order valence-electron chi connectivity index (χ4n) is 2.13. The van der Waals surface area contributed by atoms with Crippen LogP contribution in [0.5, 0.6) is 0 Å². The van der Waals surface area contributed by atoms with Gasteiger partial charge in [0.25, 0.3) is 0 Å². The molecule has 7 heteroatoms. The Bertz CT molecular complexity index is 566. The Balaban J connectivity index is 1.66. The van der Waals surface area contributed by atoms with Gasteiger partial charge in [-0.05, 0) is 31.4 Å². The van der Waals surface area contributed by atoms with Crippen LogP contribution in [0.2, 0.25) is 0 Å². The number of nitrogens with zero attached hydrogens (tertiary/aromatic N) is 4. The van der Waals surface area contributed by atoms with Crippen molar-refractivity contribution in [3.05, 3.63) is 29.8 Å². The van der Waals surface area contributed by atoms with Gasteiger partial charge in [0.1, 0.15) is 0 Å². The molecule has 0 aliphatic carbocycles. The Hall–Kier alpha value is -1.21. The number of aromatic nitrogens is 3. The SMILES string of the molecule is CC(Sc1nnc(N2CCCC2)s1)c1ccc(F)nc1. The van der Waals surface area contributed by atoms with Crippen molar-refractivity contribution in [1.29, 1.82) is 0 Å². The first kappa shape index (κ1) is 13.8. The van der Waals surface area contributed by atoms with Gasteiger partial charge in [-0.25, -0.2) is 4.98 Å². The third-order valence-corrected chi connectivity index (χ3v) is 5.50. The molecule has 1 unspecified atom stereocenters. The first-order chi connectivity index (χ1) is 9.72. The molecule has 1 aliphatic heterocycles. The van der Waals surface area contributed by atoms with Crippen molar-refractivity contribution in [3.63, 3.8) is 0 Å². The molecule has 0 radical (unpaired) electrons. The van der Waals surface area contributed by atoms with Crippen LogP contribution in [0.25, 0.3) is 0 Å². The van der Waals surface area contributed by atoms with Gasteiger partial charge in [-0.1, -0.05) is 29.2 Å². The summed E-state index contributed by atoms with van der Waals surface area (Å²) in [5.41, 5.74) is 0.995. The Labute approximate surface area is 125 Å². The lowest BCUT2D eigenvalue weighted by atomic mass is 10.2. The van der Waals surface area contributed by atoms with Crippen LogP contribution in [0.15, 0.2) is 22.7 Å². The van der Waals surface area contributed by atoms with E-state index in [1.807, 2.05) is 0 Å². The number of anilines is 1. The molecule has 1 fully saturated rings. The molecule has 2 aromatic heterocycles. The summed E-state index contributed by atoms with van der Waals surface area (Å²) in [6, 6.07) is 3.16. The van der Waals surface area contributed by atoms with Crippen LogP contribution >= 0.6 is 23.1 Å². The maximum Gasteiger partial charge on any atom is 0.212 e. The minimum absolute atomic E-state index is 0.183. The average molecular weight is 310 g/mol. The van der Waals surface area contributed by atoms with Crippen LogP contribution in [0.3, 0.4) is 0 Å². The van der Waals surface area contributed by atoms with Crippen LogP contribution in [0, 0.1) is 5.95 Å². The van der Waals surface area contributed by atoms with Gasteiger partial charge in [-0.3, -0.25) is 0 Å². The summed E-state index contributed by atoms with van der Waals surface area (Å²) in [4.78, 5) is 5.97. The lowest BCUT2D eigenvalue weighted by Gasteiger charge is -2.11. The van der Waals surface area contributed by atoms with Crippen LogP contribution in [-0.4, -0.2) is 28.3 Å². The van der Waals surface area contributed by atoms with E-state index in [1.54, 1.807) is 35.4 Å². The number of pyridine rings is 1. The van der Waals surface area contributed by atoms with Crippen molar-refractivity contribution < 1.29 is 4.39 Å². The van der Waals surface area contributed by atoms with E-state index in [2.05, 4.69) is 27.0 Å². The zero-order chi connectivity index (χ0) is 13.9. The number of halogens is 1. The highest BCUT2D eigenvalue weighted by Gasteiger charge is 2.18. The zero-order valence-corrected chi connectivity index (χ0v) is 12.8. The molecule has 3 rings (SSSR count). The molecular weight excluding hydrogens is 295 g/mol. The Morgan fingerprint density at radius 3 is 2.80 bits per heavy atom. The number of rotatable bonds is 4. The van der Waals surface area contributed by atoms with Crippen LogP contribution in [0.1, 0.15) is 30.6 Å². The molecule has 106 valence electrons. The molecule has 4 nitrogen and oxygen atoms in total. The number of thioether (sulfide) groups is 1. The Morgan fingerprint density at radius 2 is 2.10 bits per heavy atom. The molecule has 1 atom stereocenters. The van der Waals surface area contributed by atoms with Gasteiger partial charge in [-0.15, -0.1) is 10.2 Å². The highest BCUT2D eigenvalue weighted by molar-refractivity contribution is 8.01. The topological polar surface area (TPSA) is 41.9 Å². The summed E-state index contributed by atoms with van der Waals surface area (Å²) < 4.78 is 13.8. The highest BCUT2D eigenvalue weighted by atomic mass is 32.2. The fraction of sp³-hybridized carbons (Fsp3) is 0.462. The molecule has 20 heavy (non-hydrogen) atoms. The van der Waals surface area contributed by atoms with Gasteiger partial charge >= 0.3 is 0 Å². The molecule has 1 aliphatic rings. The number of hydrogen-bond acceptors (Lipinski definition) is 6. The van der Waals surface area contributed by atoms with Crippen LogP contribution in [0.4, 0.5) is 9.52 Å². The molecule has 0 aromatic carbocycles. The van der Waals surface area contributed by atoms with Gasteiger partial charge in [-0.2, -0.15) is 4.39 Å². The summed E-state index contributed by atoms with van der Waals surface area (Å²) in [6.07, 6.45) is 4.05. The smallest absolute Gasteiger partial charge is 0.212 e. The summed E-state index contributed by atoms with van der Waals surface area (Å²) in [5, 5.41) is 9.69. The third-order valence-electron chi connectivity index (χ3n) is 3.27.